The number of rotatable bonds is 6. The maximum atomic E-state index is 9.82. The Morgan fingerprint density at radius 3 is 1.94 bits per heavy atom. The molecule has 3 aromatic carbocycles. The molecule has 0 saturated heterocycles. The molecule has 1 aromatic heterocycles. The van der Waals surface area contributed by atoms with Gasteiger partial charge in [-0.2, -0.15) is 0 Å². The Bertz CT molecular complexity index is 1390. The van der Waals surface area contributed by atoms with E-state index in [9.17, 15) is 5.11 Å². The van der Waals surface area contributed by atoms with Gasteiger partial charge in [0.15, 0.2) is 0 Å². The van der Waals surface area contributed by atoms with Crippen LogP contribution in [0.3, 0.4) is 0 Å². The molecular weight excluding hydrogens is 424 g/mol. The van der Waals surface area contributed by atoms with Gasteiger partial charge in [-0.3, -0.25) is 0 Å². The third kappa shape index (κ3) is 4.24. The number of benzene rings is 3. The summed E-state index contributed by atoms with van der Waals surface area (Å²) >= 11 is 0. The summed E-state index contributed by atoms with van der Waals surface area (Å²) in [5.74, 6) is 1.85. The highest BCUT2D eigenvalue weighted by Crippen LogP contribution is 2.33. The molecule has 0 aliphatic carbocycles. The average molecular weight is 449 g/mol. The van der Waals surface area contributed by atoms with Gasteiger partial charge in [0.25, 0.3) is 0 Å². The Morgan fingerprint density at radius 1 is 0.706 bits per heavy atom. The molecule has 0 bridgehead atoms. The average Bonchev–Trinajstić information content (AvgIpc) is 3.57. The summed E-state index contributed by atoms with van der Waals surface area (Å²) in [7, 11) is 3.32. The van der Waals surface area contributed by atoms with Crippen molar-refractivity contribution >= 4 is 11.3 Å². The van der Waals surface area contributed by atoms with Crippen molar-refractivity contribution in [3.63, 3.8) is 0 Å². The lowest BCUT2D eigenvalue weighted by molar-refractivity contribution is 0.414. The van der Waals surface area contributed by atoms with Crippen LogP contribution in [0.15, 0.2) is 108 Å². The molecule has 0 unspecified atom stereocenters. The van der Waals surface area contributed by atoms with Crippen LogP contribution < -0.4 is 9.47 Å². The second-order valence-corrected chi connectivity index (χ2v) is 7.88. The monoisotopic (exact) mass is 448 g/mol. The predicted octanol–water partition coefficient (Wildman–Crippen LogP) is 6.22. The predicted molar refractivity (Wildman–Crippen MR) is 136 cm³/mol. The first-order valence-electron chi connectivity index (χ1n) is 10.9. The fraction of sp³-hybridized carbons (Fsp3) is 0.0690. The Morgan fingerprint density at radius 2 is 1.32 bits per heavy atom. The molecule has 1 aliphatic heterocycles. The van der Waals surface area contributed by atoms with E-state index in [0.29, 0.717) is 0 Å². The normalized spacial score (nSPS) is 14.1. The molecule has 0 radical (unpaired) electrons. The summed E-state index contributed by atoms with van der Waals surface area (Å²) in [5, 5.41) is 9.82. The number of aromatic hydroxyl groups is 1. The van der Waals surface area contributed by atoms with Gasteiger partial charge in [-0.05, 0) is 96.1 Å². The van der Waals surface area contributed by atoms with E-state index < -0.39 is 0 Å². The lowest BCUT2D eigenvalue weighted by atomic mass is 10.0. The topological polar surface area (TPSA) is 66.8 Å². The number of hydrogen-bond donors (Lipinski definition) is 2. The zero-order valence-corrected chi connectivity index (χ0v) is 18.9. The van der Waals surface area contributed by atoms with E-state index in [4.69, 9.17) is 14.5 Å². The van der Waals surface area contributed by atoms with Crippen molar-refractivity contribution in [3.8, 4) is 28.5 Å². The number of aromatic nitrogens is 1. The van der Waals surface area contributed by atoms with Crippen LogP contribution in [-0.2, 0) is 0 Å². The Balaban J connectivity index is 1.57. The zero-order valence-electron chi connectivity index (χ0n) is 18.9. The molecule has 5 rings (SSSR count). The molecule has 168 valence electrons. The van der Waals surface area contributed by atoms with Crippen molar-refractivity contribution < 1.29 is 14.6 Å². The molecule has 0 saturated carbocycles. The van der Waals surface area contributed by atoms with E-state index >= 15 is 0 Å². The number of nitrogens with zero attached hydrogens (tertiary/aromatic N) is 1. The van der Waals surface area contributed by atoms with E-state index in [1.807, 2.05) is 72.8 Å². The van der Waals surface area contributed by atoms with Gasteiger partial charge < -0.3 is 19.6 Å². The minimum absolute atomic E-state index is 0.225. The first-order valence-corrected chi connectivity index (χ1v) is 10.9. The molecule has 1 aliphatic rings. The minimum atomic E-state index is 0.225. The fourth-order valence-corrected chi connectivity index (χ4v) is 3.97. The van der Waals surface area contributed by atoms with Gasteiger partial charge in [0, 0.05) is 22.5 Å². The highest BCUT2D eigenvalue weighted by molar-refractivity contribution is 6.12. The Labute approximate surface area is 198 Å². The van der Waals surface area contributed by atoms with Crippen LogP contribution in [0.5, 0.6) is 17.2 Å². The van der Waals surface area contributed by atoms with Crippen LogP contribution in [0, 0.1) is 0 Å². The smallest absolute Gasteiger partial charge is 0.118 e. The summed E-state index contributed by atoms with van der Waals surface area (Å²) < 4.78 is 10.5. The van der Waals surface area contributed by atoms with Crippen molar-refractivity contribution in [2.75, 3.05) is 14.2 Å². The molecule has 0 fully saturated rings. The van der Waals surface area contributed by atoms with Crippen LogP contribution >= 0.6 is 0 Å². The molecule has 2 heterocycles. The number of methoxy groups -OCH3 is 2. The van der Waals surface area contributed by atoms with Gasteiger partial charge in [-0.15, -0.1) is 0 Å². The third-order valence-corrected chi connectivity index (χ3v) is 5.79. The third-order valence-electron chi connectivity index (χ3n) is 5.79. The van der Waals surface area contributed by atoms with Crippen molar-refractivity contribution in [3.05, 3.63) is 120 Å². The minimum Gasteiger partial charge on any atom is -0.508 e. The number of aromatic amines is 1. The van der Waals surface area contributed by atoms with Crippen LogP contribution in [0.4, 0.5) is 0 Å². The van der Waals surface area contributed by atoms with Crippen LogP contribution in [0.2, 0.25) is 0 Å². The summed E-state index contributed by atoms with van der Waals surface area (Å²) in [6.45, 7) is 0. The molecule has 5 nitrogen and oxygen atoms in total. The molecule has 0 spiro atoms. The van der Waals surface area contributed by atoms with Gasteiger partial charge >= 0.3 is 0 Å². The van der Waals surface area contributed by atoms with Crippen LogP contribution in [0.1, 0.15) is 16.8 Å². The second-order valence-electron chi connectivity index (χ2n) is 7.88. The van der Waals surface area contributed by atoms with E-state index in [1.54, 1.807) is 26.4 Å². The molecule has 2 N–H and O–H groups in total. The number of allylic oxidation sites excluding steroid dienone is 2. The van der Waals surface area contributed by atoms with Crippen molar-refractivity contribution in [2.24, 2.45) is 4.99 Å². The number of H-pyrrole nitrogens is 1. The largest absolute Gasteiger partial charge is 0.508 e. The Kier molecular flexibility index (Phi) is 5.75. The van der Waals surface area contributed by atoms with Gasteiger partial charge in [0.1, 0.15) is 17.2 Å². The van der Waals surface area contributed by atoms with Crippen molar-refractivity contribution in [1.29, 1.82) is 0 Å². The molecule has 34 heavy (non-hydrogen) atoms. The number of aliphatic imine (C=N–C) groups is 1. The summed E-state index contributed by atoms with van der Waals surface area (Å²) in [6.07, 6.45) is 4.04. The lowest BCUT2D eigenvalue weighted by Gasteiger charge is -2.09. The lowest BCUT2D eigenvalue weighted by Crippen LogP contribution is -1.95. The first kappa shape index (κ1) is 21.3. The fourth-order valence-electron chi connectivity index (χ4n) is 3.97. The van der Waals surface area contributed by atoms with Crippen LogP contribution in [0.25, 0.3) is 16.8 Å². The van der Waals surface area contributed by atoms with Crippen molar-refractivity contribution in [2.45, 2.75) is 0 Å². The molecule has 5 heteroatoms. The summed E-state index contributed by atoms with van der Waals surface area (Å²) in [4.78, 5) is 8.49. The van der Waals surface area contributed by atoms with Gasteiger partial charge in [-0.1, -0.05) is 12.1 Å². The first-order chi connectivity index (χ1) is 16.6. The summed E-state index contributed by atoms with van der Waals surface area (Å²) in [5.41, 5.74) is 7.66. The Hall–Kier alpha value is -4.51. The van der Waals surface area contributed by atoms with Gasteiger partial charge in [-0.25, -0.2) is 4.99 Å². The maximum Gasteiger partial charge on any atom is 0.118 e. The zero-order chi connectivity index (χ0) is 23.5. The molecule has 0 amide bonds. The second kappa shape index (κ2) is 9.16. The molecule has 0 atom stereocenters. The number of ether oxygens (including phenoxy) is 2. The van der Waals surface area contributed by atoms with Gasteiger partial charge in [0.05, 0.1) is 25.6 Å². The van der Waals surface area contributed by atoms with Crippen molar-refractivity contribution in [1.82, 2.24) is 4.98 Å². The number of hydrogen-bond acceptors (Lipinski definition) is 4. The van der Waals surface area contributed by atoms with E-state index in [-0.39, 0.29) is 5.75 Å². The van der Waals surface area contributed by atoms with E-state index in [0.717, 1.165) is 56.6 Å². The highest BCUT2D eigenvalue weighted by Gasteiger charge is 2.17. The SMILES string of the molecule is COc1ccc(C2=N/C(=C(/c3ccc(O)cc3)c3ccc(-c4ccc(OC)cc4)[nH]3)C=C2)cc1. The molecular formula is C29H24N2O3. The van der Waals surface area contributed by atoms with Gasteiger partial charge in [0.2, 0.25) is 0 Å². The number of phenolic OH excluding ortho intramolecular Hbond substituents is 1. The van der Waals surface area contributed by atoms with Crippen LogP contribution in [-0.4, -0.2) is 30.0 Å². The standard InChI is InChI=1S/C29H24N2O3/c1-33-23-11-5-19(6-12-23)25-15-17-27(30-25)29(21-3-9-22(32)10-4-21)28-18-16-26(31-28)20-7-13-24(34-2)14-8-20/h3-18,30,32H,1-2H3/b29-28-. The van der Waals surface area contributed by atoms with E-state index in [1.165, 1.54) is 0 Å². The van der Waals surface area contributed by atoms with E-state index in [2.05, 4.69) is 17.1 Å². The summed E-state index contributed by atoms with van der Waals surface area (Å²) in [6, 6.07) is 27.1. The number of phenols is 1. The maximum absolute atomic E-state index is 9.82. The highest BCUT2D eigenvalue weighted by atomic mass is 16.5. The number of nitrogens with one attached hydrogen (secondary N) is 1. The quantitative estimate of drug-likeness (QED) is 0.368. The molecule has 4 aromatic rings.